The monoisotopic (exact) mass is 99.1 g/mol. The fourth-order valence-electron chi connectivity index (χ4n) is 0.667. The van der Waals surface area contributed by atoms with Crippen molar-refractivity contribution in [1.29, 1.82) is 0 Å². The normalized spacial score (nSPS) is 30.3. The molecule has 2 heteroatoms. The molecule has 0 bridgehead atoms. The summed E-state index contributed by atoms with van der Waals surface area (Å²) in [7, 11) is 1.83. The van der Waals surface area contributed by atoms with E-state index in [4.69, 9.17) is 0 Å². The summed E-state index contributed by atoms with van der Waals surface area (Å²) in [5.41, 5.74) is 0. The molecule has 2 nitrogen and oxygen atoms in total. The third-order valence-corrected chi connectivity index (χ3v) is 1.52. The van der Waals surface area contributed by atoms with Crippen LogP contribution in [0.15, 0.2) is 0 Å². The smallest absolute Gasteiger partial charge is 0.224 e. The van der Waals surface area contributed by atoms with E-state index in [-0.39, 0.29) is 5.91 Å². The Morgan fingerprint density at radius 1 is 1.86 bits per heavy atom. The van der Waals surface area contributed by atoms with Crippen molar-refractivity contribution in [3.63, 3.8) is 0 Å². The van der Waals surface area contributed by atoms with Crippen LogP contribution in [0.5, 0.6) is 0 Å². The highest BCUT2D eigenvalue weighted by atomic mass is 16.2. The van der Waals surface area contributed by atoms with Gasteiger partial charge >= 0.3 is 0 Å². The number of hydrogen-bond acceptors (Lipinski definition) is 1. The second kappa shape index (κ2) is 1.22. The zero-order chi connectivity index (χ0) is 5.44. The average Bonchev–Trinajstić information content (AvgIpc) is 1.68. The van der Waals surface area contributed by atoms with Crippen LogP contribution in [0.2, 0.25) is 0 Å². The van der Waals surface area contributed by atoms with Crippen LogP contribution in [-0.2, 0) is 4.79 Å². The third kappa shape index (κ3) is 0.501. The van der Waals surface area contributed by atoms with E-state index in [1.807, 2.05) is 14.0 Å². The van der Waals surface area contributed by atoms with Crippen LogP contribution in [0.4, 0.5) is 0 Å². The van der Waals surface area contributed by atoms with E-state index in [0.717, 1.165) is 6.42 Å². The van der Waals surface area contributed by atoms with Gasteiger partial charge < -0.3 is 4.90 Å². The SMILES string of the molecule is C[C@H]1CC(=O)N1C. The molecule has 1 atom stereocenters. The van der Waals surface area contributed by atoms with Gasteiger partial charge in [-0.3, -0.25) is 4.79 Å². The predicted molar refractivity (Wildman–Crippen MR) is 26.8 cm³/mol. The molecule has 1 aliphatic rings. The summed E-state index contributed by atoms with van der Waals surface area (Å²) < 4.78 is 0. The maximum Gasteiger partial charge on any atom is 0.224 e. The topological polar surface area (TPSA) is 20.3 Å². The number of nitrogens with zero attached hydrogens (tertiary/aromatic N) is 1. The molecule has 0 aromatic heterocycles. The maximum atomic E-state index is 10.4. The standard InChI is InChI=1S/C5H9NO/c1-4-3-5(7)6(4)2/h4H,3H2,1-2H3/t4-/m0/s1. The van der Waals surface area contributed by atoms with E-state index in [1.165, 1.54) is 0 Å². The Hall–Kier alpha value is -0.530. The van der Waals surface area contributed by atoms with Crippen LogP contribution in [0.3, 0.4) is 0 Å². The molecule has 1 amide bonds. The van der Waals surface area contributed by atoms with Gasteiger partial charge in [0.2, 0.25) is 5.91 Å². The first-order valence-corrected chi connectivity index (χ1v) is 2.47. The summed E-state index contributed by atoms with van der Waals surface area (Å²) in [5.74, 6) is 0.271. The molecule has 0 N–H and O–H groups in total. The average molecular weight is 99.1 g/mol. The summed E-state index contributed by atoms with van der Waals surface area (Å²) in [6.07, 6.45) is 0.747. The van der Waals surface area contributed by atoms with Crippen molar-refractivity contribution in [2.75, 3.05) is 7.05 Å². The molecular formula is C5H9NO. The number of carbonyl (C=O) groups excluding carboxylic acids is 1. The number of β-lactam (4-membered cyclic amide) rings is 1. The summed E-state index contributed by atoms with van der Waals surface area (Å²) in [6, 6.07) is 0.493. The van der Waals surface area contributed by atoms with Crippen molar-refractivity contribution >= 4 is 5.91 Å². The van der Waals surface area contributed by atoms with Gasteiger partial charge in [-0.15, -0.1) is 0 Å². The zero-order valence-corrected chi connectivity index (χ0v) is 4.64. The van der Waals surface area contributed by atoms with Gasteiger partial charge in [0.25, 0.3) is 0 Å². The summed E-state index contributed by atoms with van der Waals surface area (Å²) in [5, 5.41) is 0. The van der Waals surface area contributed by atoms with E-state index >= 15 is 0 Å². The first kappa shape index (κ1) is 4.62. The summed E-state index contributed by atoms with van der Waals surface area (Å²) >= 11 is 0. The van der Waals surface area contributed by atoms with E-state index < -0.39 is 0 Å². The Labute approximate surface area is 43.1 Å². The van der Waals surface area contributed by atoms with E-state index in [9.17, 15) is 4.79 Å². The van der Waals surface area contributed by atoms with Crippen molar-refractivity contribution in [3.05, 3.63) is 0 Å². The van der Waals surface area contributed by atoms with Crippen LogP contribution in [0.1, 0.15) is 13.3 Å². The highest BCUT2D eigenvalue weighted by molar-refractivity contribution is 5.82. The van der Waals surface area contributed by atoms with Crippen molar-refractivity contribution < 1.29 is 4.79 Å². The lowest BCUT2D eigenvalue weighted by atomic mass is 10.1. The molecule has 1 saturated heterocycles. The lowest BCUT2D eigenvalue weighted by Crippen LogP contribution is -2.47. The molecule has 0 radical (unpaired) electrons. The lowest BCUT2D eigenvalue weighted by Gasteiger charge is -2.34. The number of likely N-dealkylation sites (tertiary alicyclic amines) is 1. The number of rotatable bonds is 0. The molecule has 1 rings (SSSR count). The minimum Gasteiger partial charge on any atom is -0.342 e. The second-order valence-electron chi connectivity index (χ2n) is 2.06. The number of amides is 1. The van der Waals surface area contributed by atoms with Gasteiger partial charge in [-0.2, -0.15) is 0 Å². The van der Waals surface area contributed by atoms with E-state index in [1.54, 1.807) is 4.90 Å². The van der Waals surface area contributed by atoms with Crippen LogP contribution in [-0.4, -0.2) is 23.9 Å². The highest BCUT2D eigenvalue weighted by Gasteiger charge is 2.27. The number of hydrogen-bond donors (Lipinski definition) is 0. The van der Waals surface area contributed by atoms with Crippen LogP contribution < -0.4 is 0 Å². The Kier molecular flexibility index (Phi) is 0.805. The third-order valence-electron chi connectivity index (χ3n) is 1.52. The quantitative estimate of drug-likeness (QED) is 0.398. The first-order chi connectivity index (χ1) is 3.22. The summed E-state index contributed by atoms with van der Waals surface area (Å²) in [4.78, 5) is 12.1. The van der Waals surface area contributed by atoms with Crippen LogP contribution in [0.25, 0.3) is 0 Å². The van der Waals surface area contributed by atoms with Gasteiger partial charge in [-0.25, -0.2) is 0 Å². The molecule has 0 aromatic rings. The molecule has 1 heterocycles. The minimum absolute atomic E-state index is 0.271. The van der Waals surface area contributed by atoms with Crippen molar-refractivity contribution in [3.8, 4) is 0 Å². The fraction of sp³-hybridized carbons (Fsp3) is 0.800. The fourth-order valence-corrected chi connectivity index (χ4v) is 0.667. The first-order valence-electron chi connectivity index (χ1n) is 2.47. The largest absolute Gasteiger partial charge is 0.342 e. The van der Waals surface area contributed by atoms with Crippen LogP contribution in [0, 0.1) is 0 Å². The van der Waals surface area contributed by atoms with Gasteiger partial charge in [-0.05, 0) is 6.92 Å². The van der Waals surface area contributed by atoms with E-state index in [0.29, 0.717) is 6.04 Å². The van der Waals surface area contributed by atoms with Crippen LogP contribution >= 0.6 is 0 Å². The second-order valence-corrected chi connectivity index (χ2v) is 2.06. The predicted octanol–water partition coefficient (Wildman–Crippen LogP) is 0.237. The van der Waals surface area contributed by atoms with Gasteiger partial charge in [-0.1, -0.05) is 0 Å². The number of carbonyl (C=O) groups is 1. The van der Waals surface area contributed by atoms with Crippen molar-refractivity contribution in [1.82, 2.24) is 4.90 Å². The highest BCUT2D eigenvalue weighted by Crippen LogP contribution is 2.13. The maximum absolute atomic E-state index is 10.4. The molecule has 0 aromatic carbocycles. The molecular weight excluding hydrogens is 90.1 g/mol. The lowest BCUT2D eigenvalue weighted by molar-refractivity contribution is -0.142. The Morgan fingerprint density at radius 2 is 2.43 bits per heavy atom. The molecule has 1 aliphatic heterocycles. The van der Waals surface area contributed by atoms with Crippen molar-refractivity contribution in [2.24, 2.45) is 0 Å². The van der Waals surface area contributed by atoms with Gasteiger partial charge in [0, 0.05) is 19.5 Å². The molecule has 0 spiro atoms. The van der Waals surface area contributed by atoms with Gasteiger partial charge in [0.05, 0.1) is 0 Å². The molecule has 40 valence electrons. The van der Waals surface area contributed by atoms with Gasteiger partial charge in [0.15, 0.2) is 0 Å². The Bertz CT molecular complexity index is 100. The van der Waals surface area contributed by atoms with Gasteiger partial charge in [0.1, 0.15) is 0 Å². The molecule has 0 unspecified atom stereocenters. The molecule has 0 aliphatic carbocycles. The molecule has 0 saturated carbocycles. The molecule has 1 fully saturated rings. The Balaban J connectivity index is 2.43. The minimum atomic E-state index is 0.271. The summed E-state index contributed by atoms with van der Waals surface area (Å²) in [6.45, 7) is 2.04. The molecule has 7 heavy (non-hydrogen) atoms. The van der Waals surface area contributed by atoms with Crippen molar-refractivity contribution in [2.45, 2.75) is 19.4 Å². The van der Waals surface area contributed by atoms with E-state index in [2.05, 4.69) is 0 Å². The Morgan fingerprint density at radius 3 is 2.43 bits per heavy atom. The zero-order valence-electron chi connectivity index (χ0n) is 4.64.